The second-order valence-corrected chi connectivity index (χ2v) is 4.61. The van der Waals surface area contributed by atoms with Crippen molar-refractivity contribution in [2.75, 3.05) is 13.1 Å². The third kappa shape index (κ3) is 4.80. The van der Waals surface area contributed by atoms with Crippen LogP contribution in [0, 0.1) is 10.1 Å². The molecule has 1 amide bonds. The molecular formula is C11H14BrN3O3. The van der Waals surface area contributed by atoms with Gasteiger partial charge >= 0.3 is 0 Å². The van der Waals surface area contributed by atoms with E-state index in [1.54, 1.807) is 12.1 Å². The van der Waals surface area contributed by atoms with E-state index in [4.69, 9.17) is 0 Å². The average Bonchev–Trinajstić information content (AvgIpc) is 2.27. The highest BCUT2D eigenvalue weighted by Gasteiger charge is 2.12. The standard InChI is InChI=1S/C11H14BrN3O3/c1-8(16)14-5-4-13-7-9-6-10(12)2-3-11(9)15(17)18/h2-3,6,13H,4-5,7H2,1H3,(H,14,16). The number of nitro benzene ring substituents is 1. The van der Waals surface area contributed by atoms with Crippen LogP contribution in [-0.2, 0) is 11.3 Å². The van der Waals surface area contributed by atoms with Gasteiger partial charge in [0.25, 0.3) is 5.69 Å². The third-order valence-electron chi connectivity index (χ3n) is 2.23. The Morgan fingerprint density at radius 1 is 1.44 bits per heavy atom. The first kappa shape index (κ1) is 14.6. The van der Waals surface area contributed by atoms with Crippen LogP contribution in [0.25, 0.3) is 0 Å². The van der Waals surface area contributed by atoms with Crippen molar-refractivity contribution >= 4 is 27.5 Å². The molecule has 6 nitrogen and oxygen atoms in total. The molecule has 0 aromatic heterocycles. The summed E-state index contributed by atoms with van der Waals surface area (Å²) in [6.07, 6.45) is 0. The number of nitro groups is 1. The van der Waals surface area contributed by atoms with Crippen molar-refractivity contribution in [3.63, 3.8) is 0 Å². The molecule has 0 saturated heterocycles. The minimum absolute atomic E-state index is 0.0882. The van der Waals surface area contributed by atoms with E-state index in [1.165, 1.54) is 13.0 Å². The zero-order valence-electron chi connectivity index (χ0n) is 9.90. The molecule has 98 valence electrons. The van der Waals surface area contributed by atoms with Crippen LogP contribution in [0.15, 0.2) is 22.7 Å². The van der Waals surface area contributed by atoms with E-state index >= 15 is 0 Å². The van der Waals surface area contributed by atoms with Gasteiger partial charge in [0.05, 0.1) is 4.92 Å². The first-order valence-corrected chi connectivity index (χ1v) is 6.18. The number of halogens is 1. The fourth-order valence-corrected chi connectivity index (χ4v) is 1.83. The zero-order chi connectivity index (χ0) is 13.5. The van der Waals surface area contributed by atoms with Crippen molar-refractivity contribution in [1.82, 2.24) is 10.6 Å². The Morgan fingerprint density at radius 3 is 2.78 bits per heavy atom. The molecule has 0 aliphatic carbocycles. The Morgan fingerprint density at radius 2 is 2.17 bits per heavy atom. The predicted molar refractivity (Wildman–Crippen MR) is 71.2 cm³/mol. The second kappa shape index (κ2) is 7.07. The number of carbonyl (C=O) groups excluding carboxylic acids is 1. The summed E-state index contributed by atoms with van der Waals surface area (Å²) >= 11 is 3.28. The molecule has 0 atom stereocenters. The number of nitrogens with one attached hydrogen (secondary N) is 2. The van der Waals surface area contributed by atoms with Crippen LogP contribution in [-0.4, -0.2) is 23.9 Å². The van der Waals surface area contributed by atoms with Gasteiger partial charge in [0.15, 0.2) is 0 Å². The fourth-order valence-electron chi connectivity index (χ4n) is 1.42. The largest absolute Gasteiger partial charge is 0.355 e. The molecular weight excluding hydrogens is 302 g/mol. The first-order valence-electron chi connectivity index (χ1n) is 5.38. The molecule has 7 heteroatoms. The lowest BCUT2D eigenvalue weighted by atomic mass is 10.2. The van der Waals surface area contributed by atoms with Crippen molar-refractivity contribution < 1.29 is 9.72 Å². The van der Waals surface area contributed by atoms with Crippen LogP contribution in [0.3, 0.4) is 0 Å². The summed E-state index contributed by atoms with van der Waals surface area (Å²) in [5.74, 6) is -0.0924. The van der Waals surface area contributed by atoms with Crippen LogP contribution in [0.2, 0.25) is 0 Å². The number of rotatable bonds is 6. The summed E-state index contributed by atoms with van der Waals surface area (Å²) in [6.45, 7) is 2.88. The monoisotopic (exact) mass is 315 g/mol. The lowest BCUT2D eigenvalue weighted by Crippen LogP contribution is -2.30. The summed E-state index contributed by atoms with van der Waals surface area (Å²) in [7, 11) is 0. The van der Waals surface area contributed by atoms with Crippen LogP contribution < -0.4 is 10.6 Å². The molecule has 0 aliphatic heterocycles. The van der Waals surface area contributed by atoms with Gasteiger partial charge in [-0.25, -0.2) is 0 Å². The van der Waals surface area contributed by atoms with Gasteiger partial charge in [-0.15, -0.1) is 0 Å². The highest BCUT2D eigenvalue weighted by atomic mass is 79.9. The molecule has 2 N–H and O–H groups in total. The molecule has 18 heavy (non-hydrogen) atoms. The van der Waals surface area contributed by atoms with Gasteiger partial charge in [0.1, 0.15) is 0 Å². The van der Waals surface area contributed by atoms with Crippen LogP contribution in [0.1, 0.15) is 12.5 Å². The molecule has 1 aromatic carbocycles. The highest BCUT2D eigenvalue weighted by Crippen LogP contribution is 2.22. The van der Waals surface area contributed by atoms with Gasteiger partial charge < -0.3 is 10.6 Å². The maximum atomic E-state index is 10.8. The molecule has 0 radical (unpaired) electrons. The fraction of sp³-hybridized carbons (Fsp3) is 0.364. The molecule has 0 unspecified atom stereocenters. The lowest BCUT2D eigenvalue weighted by molar-refractivity contribution is -0.385. The molecule has 0 bridgehead atoms. The van der Waals surface area contributed by atoms with Crippen molar-refractivity contribution in [2.24, 2.45) is 0 Å². The van der Waals surface area contributed by atoms with Crippen molar-refractivity contribution in [1.29, 1.82) is 0 Å². The van der Waals surface area contributed by atoms with E-state index < -0.39 is 4.92 Å². The Bertz CT molecular complexity index is 451. The van der Waals surface area contributed by atoms with E-state index in [9.17, 15) is 14.9 Å². The SMILES string of the molecule is CC(=O)NCCNCc1cc(Br)ccc1[N+](=O)[O-]. The van der Waals surface area contributed by atoms with Gasteiger partial charge in [-0.05, 0) is 12.1 Å². The lowest BCUT2D eigenvalue weighted by Gasteiger charge is -2.06. The normalized spacial score (nSPS) is 10.1. The third-order valence-corrected chi connectivity index (χ3v) is 2.72. The van der Waals surface area contributed by atoms with Crippen molar-refractivity contribution in [2.45, 2.75) is 13.5 Å². The van der Waals surface area contributed by atoms with Gasteiger partial charge in [-0.3, -0.25) is 14.9 Å². The van der Waals surface area contributed by atoms with Gasteiger partial charge in [-0.1, -0.05) is 15.9 Å². The number of carbonyl (C=O) groups is 1. The maximum absolute atomic E-state index is 10.8. The predicted octanol–water partition coefficient (Wildman–Crippen LogP) is 1.58. The molecule has 0 fully saturated rings. The summed E-state index contributed by atoms with van der Waals surface area (Å²) in [4.78, 5) is 21.0. The molecule has 0 heterocycles. The number of hydrogen-bond acceptors (Lipinski definition) is 4. The van der Waals surface area contributed by atoms with Crippen molar-refractivity contribution in [3.8, 4) is 0 Å². The van der Waals surface area contributed by atoms with E-state index in [0.29, 0.717) is 25.2 Å². The highest BCUT2D eigenvalue weighted by molar-refractivity contribution is 9.10. The Hall–Kier alpha value is -1.47. The van der Waals surface area contributed by atoms with E-state index in [0.717, 1.165) is 4.47 Å². The molecule has 0 saturated carbocycles. The minimum atomic E-state index is -0.405. The van der Waals surface area contributed by atoms with E-state index in [2.05, 4.69) is 26.6 Å². The molecule has 0 spiro atoms. The average molecular weight is 316 g/mol. The summed E-state index contributed by atoms with van der Waals surface area (Å²) in [6, 6.07) is 4.82. The summed E-state index contributed by atoms with van der Waals surface area (Å²) in [5.41, 5.74) is 0.697. The van der Waals surface area contributed by atoms with Gasteiger partial charge in [0.2, 0.25) is 5.91 Å². The Kier molecular flexibility index (Phi) is 5.73. The number of nitrogens with zero attached hydrogens (tertiary/aromatic N) is 1. The van der Waals surface area contributed by atoms with Crippen LogP contribution in [0.4, 0.5) is 5.69 Å². The second-order valence-electron chi connectivity index (χ2n) is 3.69. The maximum Gasteiger partial charge on any atom is 0.273 e. The topological polar surface area (TPSA) is 84.3 Å². The molecule has 0 aliphatic rings. The Balaban J connectivity index is 2.53. The van der Waals surface area contributed by atoms with Crippen LogP contribution in [0.5, 0.6) is 0 Å². The van der Waals surface area contributed by atoms with E-state index in [-0.39, 0.29) is 11.6 Å². The van der Waals surface area contributed by atoms with Crippen LogP contribution >= 0.6 is 15.9 Å². The number of hydrogen-bond donors (Lipinski definition) is 2. The van der Waals surface area contributed by atoms with Crippen molar-refractivity contribution in [3.05, 3.63) is 38.3 Å². The van der Waals surface area contributed by atoms with Gasteiger partial charge in [-0.2, -0.15) is 0 Å². The smallest absolute Gasteiger partial charge is 0.273 e. The quantitative estimate of drug-likeness (QED) is 0.474. The Labute approximate surface area is 113 Å². The number of benzene rings is 1. The van der Waals surface area contributed by atoms with Gasteiger partial charge in [0, 0.05) is 42.7 Å². The summed E-state index contributed by atoms with van der Waals surface area (Å²) in [5, 5.41) is 16.5. The summed E-state index contributed by atoms with van der Waals surface area (Å²) < 4.78 is 0.798. The molecule has 1 aromatic rings. The van der Waals surface area contributed by atoms with E-state index in [1.807, 2.05) is 0 Å². The zero-order valence-corrected chi connectivity index (χ0v) is 11.5. The first-order chi connectivity index (χ1) is 8.50. The molecule has 1 rings (SSSR count). The number of amides is 1. The minimum Gasteiger partial charge on any atom is -0.355 e.